The summed E-state index contributed by atoms with van der Waals surface area (Å²) in [5.41, 5.74) is 0.978. The van der Waals surface area contributed by atoms with Crippen molar-refractivity contribution >= 4 is 39.3 Å². The van der Waals surface area contributed by atoms with E-state index in [0.29, 0.717) is 22.8 Å². The Labute approximate surface area is 128 Å². The highest BCUT2D eigenvalue weighted by Gasteiger charge is 2.13. The van der Waals surface area contributed by atoms with E-state index in [4.69, 9.17) is 11.6 Å². The monoisotopic (exact) mass is 321 g/mol. The Morgan fingerprint density at radius 1 is 1.33 bits per heavy atom. The zero-order valence-electron chi connectivity index (χ0n) is 10.7. The van der Waals surface area contributed by atoms with Crippen molar-refractivity contribution in [3.63, 3.8) is 0 Å². The van der Waals surface area contributed by atoms with E-state index in [1.807, 2.05) is 0 Å². The quantitative estimate of drug-likeness (QED) is 0.690. The topological polar surface area (TPSA) is 39.1 Å². The molecule has 0 aliphatic heterocycles. The van der Waals surface area contributed by atoms with Crippen LogP contribution >= 0.6 is 22.9 Å². The SMILES string of the molecule is O=CCn1ccc2scc(-c3ccc(Cl)c(F)c3)c2c1=O. The van der Waals surface area contributed by atoms with Gasteiger partial charge in [0, 0.05) is 21.8 Å². The number of carbonyl (C=O) groups is 1. The van der Waals surface area contributed by atoms with Crippen molar-refractivity contribution in [1.82, 2.24) is 4.57 Å². The van der Waals surface area contributed by atoms with Gasteiger partial charge in [0.2, 0.25) is 0 Å². The van der Waals surface area contributed by atoms with Crippen LogP contribution in [0.1, 0.15) is 0 Å². The molecule has 0 aliphatic rings. The Morgan fingerprint density at radius 2 is 2.14 bits per heavy atom. The molecule has 3 rings (SSSR count). The van der Waals surface area contributed by atoms with Crippen molar-refractivity contribution < 1.29 is 9.18 Å². The lowest BCUT2D eigenvalue weighted by Crippen LogP contribution is -2.19. The molecule has 0 saturated carbocycles. The van der Waals surface area contributed by atoms with Crippen molar-refractivity contribution in [3.8, 4) is 11.1 Å². The fourth-order valence-corrected chi connectivity index (χ4v) is 3.26. The first-order valence-electron chi connectivity index (χ1n) is 6.11. The molecule has 0 radical (unpaired) electrons. The number of nitrogens with zero attached hydrogens (tertiary/aromatic N) is 1. The van der Waals surface area contributed by atoms with Gasteiger partial charge in [0.25, 0.3) is 5.56 Å². The number of aromatic nitrogens is 1. The summed E-state index contributed by atoms with van der Waals surface area (Å²) in [5, 5.41) is 2.34. The molecule has 2 heterocycles. The largest absolute Gasteiger partial charge is 0.308 e. The van der Waals surface area contributed by atoms with Crippen LogP contribution in [0.2, 0.25) is 5.02 Å². The van der Waals surface area contributed by atoms with E-state index >= 15 is 0 Å². The summed E-state index contributed by atoms with van der Waals surface area (Å²) in [4.78, 5) is 23.0. The van der Waals surface area contributed by atoms with Gasteiger partial charge in [0.1, 0.15) is 12.1 Å². The number of aldehydes is 1. The molecule has 0 aliphatic carbocycles. The predicted octanol–water partition coefficient (Wildman–Crippen LogP) is 3.72. The van der Waals surface area contributed by atoms with Crippen LogP contribution in [-0.4, -0.2) is 10.9 Å². The van der Waals surface area contributed by atoms with Gasteiger partial charge in [-0.1, -0.05) is 17.7 Å². The van der Waals surface area contributed by atoms with E-state index < -0.39 is 5.82 Å². The molecule has 106 valence electrons. The van der Waals surface area contributed by atoms with Gasteiger partial charge < -0.3 is 9.36 Å². The number of rotatable bonds is 3. The molecule has 6 heteroatoms. The zero-order valence-corrected chi connectivity index (χ0v) is 12.2. The minimum Gasteiger partial charge on any atom is -0.308 e. The molecular formula is C15H9ClFNO2S. The minimum atomic E-state index is -0.530. The fraction of sp³-hybridized carbons (Fsp3) is 0.0667. The normalized spacial score (nSPS) is 11.0. The van der Waals surface area contributed by atoms with Gasteiger partial charge in [0.05, 0.1) is 17.0 Å². The van der Waals surface area contributed by atoms with Gasteiger partial charge in [-0.05, 0) is 23.8 Å². The maximum atomic E-state index is 13.6. The Hall–Kier alpha value is -1.98. The van der Waals surface area contributed by atoms with Gasteiger partial charge in [-0.25, -0.2) is 4.39 Å². The summed E-state index contributed by atoms with van der Waals surface area (Å²) in [6, 6.07) is 6.22. The molecule has 0 fully saturated rings. The van der Waals surface area contributed by atoms with Gasteiger partial charge in [0.15, 0.2) is 0 Å². The number of fused-ring (bicyclic) bond motifs is 1. The predicted molar refractivity (Wildman–Crippen MR) is 82.6 cm³/mol. The first-order valence-corrected chi connectivity index (χ1v) is 7.37. The van der Waals surface area contributed by atoms with Crippen LogP contribution in [0.5, 0.6) is 0 Å². The van der Waals surface area contributed by atoms with Crippen molar-refractivity contribution in [3.05, 3.63) is 57.0 Å². The van der Waals surface area contributed by atoms with Crippen molar-refractivity contribution in [2.45, 2.75) is 6.54 Å². The Bertz CT molecular complexity index is 900. The third kappa shape index (κ3) is 2.39. The summed E-state index contributed by atoms with van der Waals surface area (Å²) < 4.78 is 15.7. The van der Waals surface area contributed by atoms with E-state index in [-0.39, 0.29) is 17.1 Å². The number of hydrogen-bond donors (Lipinski definition) is 0. The van der Waals surface area contributed by atoms with E-state index in [0.717, 1.165) is 4.70 Å². The summed E-state index contributed by atoms with van der Waals surface area (Å²) in [6.07, 6.45) is 2.25. The molecule has 0 bridgehead atoms. The lowest BCUT2D eigenvalue weighted by atomic mass is 10.1. The van der Waals surface area contributed by atoms with E-state index in [1.54, 1.807) is 23.7 Å². The highest BCUT2D eigenvalue weighted by Crippen LogP contribution is 2.33. The molecule has 0 spiro atoms. The zero-order chi connectivity index (χ0) is 15.0. The second-order valence-corrected chi connectivity index (χ2v) is 5.78. The highest BCUT2D eigenvalue weighted by molar-refractivity contribution is 7.17. The number of halogens is 2. The second-order valence-electron chi connectivity index (χ2n) is 4.46. The smallest absolute Gasteiger partial charge is 0.260 e. The molecule has 1 aromatic carbocycles. The number of pyridine rings is 1. The summed E-state index contributed by atoms with van der Waals surface area (Å²) in [5.74, 6) is -0.530. The molecule has 3 aromatic rings. The number of thiophene rings is 1. The van der Waals surface area contributed by atoms with Gasteiger partial charge in [-0.3, -0.25) is 4.79 Å². The van der Waals surface area contributed by atoms with Crippen molar-refractivity contribution in [1.29, 1.82) is 0 Å². The van der Waals surface area contributed by atoms with Gasteiger partial charge in [-0.15, -0.1) is 11.3 Å². The maximum Gasteiger partial charge on any atom is 0.260 e. The summed E-state index contributed by atoms with van der Waals surface area (Å²) in [7, 11) is 0. The summed E-state index contributed by atoms with van der Waals surface area (Å²) in [6.45, 7) is -0.000953. The molecule has 0 atom stereocenters. The van der Waals surface area contributed by atoms with E-state index in [1.165, 1.54) is 28.0 Å². The average Bonchev–Trinajstić information content (AvgIpc) is 2.90. The molecular weight excluding hydrogens is 313 g/mol. The number of benzene rings is 1. The molecule has 0 amide bonds. The average molecular weight is 322 g/mol. The van der Waals surface area contributed by atoms with Gasteiger partial charge >= 0.3 is 0 Å². The summed E-state index contributed by atoms with van der Waals surface area (Å²) >= 11 is 7.08. The van der Waals surface area contributed by atoms with Crippen LogP contribution in [-0.2, 0) is 11.3 Å². The van der Waals surface area contributed by atoms with Crippen LogP contribution in [0, 0.1) is 5.82 Å². The molecule has 3 nitrogen and oxygen atoms in total. The van der Waals surface area contributed by atoms with Crippen LogP contribution in [0.4, 0.5) is 4.39 Å². The number of carbonyl (C=O) groups excluding carboxylic acids is 1. The Balaban J connectivity index is 2.27. The minimum absolute atomic E-state index is 0.000953. The van der Waals surface area contributed by atoms with Crippen LogP contribution < -0.4 is 5.56 Å². The number of hydrogen-bond acceptors (Lipinski definition) is 3. The van der Waals surface area contributed by atoms with Gasteiger partial charge in [-0.2, -0.15) is 0 Å². The van der Waals surface area contributed by atoms with Crippen LogP contribution in [0.25, 0.3) is 21.2 Å². The fourth-order valence-electron chi connectivity index (χ4n) is 2.19. The van der Waals surface area contributed by atoms with Crippen molar-refractivity contribution in [2.24, 2.45) is 0 Å². The third-order valence-electron chi connectivity index (χ3n) is 3.20. The molecule has 0 unspecified atom stereocenters. The van der Waals surface area contributed by atoms with E-state index in [2.05, 4.69) is 0 Å². The van der Waals surface area contributed by atoms with Crippen LogP contribution in [0.15, 0.2) is 40.6 Å². The molecule has 2 aromatic heterocycles. The van der Waals surface area contributed by atoms with Crippen LogP contribution in [0.3, 0.4) is 0 Å². The first-order chi connectivity index (χ1) is 10.1. The lowest BCUT2D eigenvalue weighted by molar-refractivity contribution is -0.108. The van der Waals surface area contributed by atoms with E-state index in [9.17, 15) is 14.0 Å². The Morgan fingerprint density at radius 3 is 2.86 bits per heavy atom. The standard InChI is InChI=1S/C15H9ClFNO2S/c16-11-2-1-9(7-12(11)17)10-8-21-13-3-4-18(5-6-19)15(20)14(10)13/h1-4,6-8H,5H2. The van der Waals surface area contributed by atoms with Crippen molar-refractivity contribution in [2.75, 3.05) is 0 Å². The highest BCUT2D eigenvalue weighted by atomic mass is 35.5. The maximum absolute atomic E-state index is 13.6. The lowest BCUT2D eigenvalue weighted by Gasteiger charge is -2.04. The Kier molecular flexibility index (Phi) is 3.61. The third-order valence-corrected chi connectivity index (χ3v) is 4.46. The first kappa shape index (κ1) is 14.0. The molecule has 0 saturated heterocycles. The molecule has 0 N–H and O–H groups in total. The molecule has 21 heavy (non-hydrogen) atoms. The second kappa shape index (κ2) is 5.42.